The second-order valence-electron chi connectivity index (χ2n) is 4.29. The van der Waals surface area contributed by atoms with Gasteiger partial charge in [-0.1, -0.05) is 50.6 Å². The second-order valence-corrected chi connectivity index (χ2v) is 4.68. The van der Waals surface area contributed by atoms with Crippen molar-refractivity contribution in [3.63, 3.8) is 0 Å². The summed E-state index contributed by atoms with van der Waals surface area (Å²) in [5.41, 5.74) is 0. The van der Waals surface area contributed by atoms with Crippen LogP contribution in [-0.2, 0) is 4.79 Å². The number of amides is 1. The molecular weight excluding hydrogens is 250 g/mol. The molecule has 0 aromatic carbocycles. The molecule has 1 amide bonds. The Morgan fingerprint density at radius 3 is 2.67 bits per heavy atom. The minimum atomic E-state index is -0.0259. The van der Waals surface area contributed by atoms with Gasteiger partial charge in [-0.2, -0.15) is 0 Å². The smallest absolute Gasteiger partial charge is 0.225 e. The first-order valence-corrected chi connectivity index (χ1v) is 6.87. The Morgan fingerprint density at radius 1 is 1.22 bits per heavy atom. The summed E-state index contributed by atoms with van der Waals surface area (Å²) < 4.78 is 0. The highest BCUT2D eigenvalue weighted by molar-refractivity contribution is 6.29. The van der Waals surface area contributed by atoms with E-state index in [1.54, 1.807) is 0 Å². The van der Waals surface area contributed by atoms with E-state index in [1.165, 1.54) is 38.1 Å². The molecule has 1 heterocycles. The fourth-order valence-corrected chi connectivity index (χ4v) is 1.82. The van der Waals surface area contributed by atoms with E-state index in [2.05, 4.69) is 22.2 Å². The lowest BCUT2D eigenvalue weighted by atomic mass is 10.1. The van der Waals surface area contributed by atoms with Gasteiger partial charge < -0.3 is 5.32 Å². The minimum absolute atomic E-state index is 0.0259. The molecule has 0 fully saturated rings. The lowest BCUT2D eigenvalue weighted by molar-refractivity contribution is -0.116. The van der Waals surface area contributed by atoms with Crippen LogP contribution in [0.4, 0.5) is 5.82 Å². The molecule has 0 aliphatic heterocycles. The van der Waals surface area contributed by atoms with Crippen molar-refractivity contribution < 1.29 is 4.79 Å². The van der Waals surface area contributed by atoms with Crippen LogP contribution in [0.1, 0.15) is 51.9 Å². The first kappa shape index (κ1) is 14.9. The molecule has 4 nitrogen and oxygen atoms in total. The van der Waals surface area contributed by atoms with Crippen molar-refractivity contribution in [3.8, 4) is 0 Å². The molecule has 0 atom stereocenters. The first-order chi connectivity index (χ1) is 8.72. The highest BCUT2D eigenvalue weighted by Gasteiger charge is 2.03. The van der Waals surface area contributed by atoms with Gasteiger partial charge in [0.05, 0.1) is 12.4 Å². The van der Waals surface area contributed by atoms with Gasteiger partial charge >= 0.3 is 0 Å². The fourth-order valence-electron chi connectivity index (χ4n) is 1.67. The summed E-state index contributed by atoms with van der Waals surface area (Å²) in [6.45, 7) is 2.19. The summed E-state index contributed by atoms with van der Waals surface area (Å²) in [5.74, 6) is 0.389. The molecule has 0 bridgehead atoms. The van der Waals surface area contributed by atoms with Crippen LogP contribution < -0.4 is 5.32 Å². The molecule has 0 aliphatic rings. The monoisotopic (exact) mass is 269 g/mol. The van der Waals surface area contributed by atoms with E-state index in [4.69, 9.17) is 11.6 Å². The van der Waals surface area contributed by atoms with Crippen LogP contribution in [0.25, 0.3) is 0 Å². The van der Waals surface area contributed by atoms with Crippen molar-refractivity contribution in [1.82, 2.24) is 9.97 Å². The van der Waals surface area contributed by atoms with E-state index in [0.717, 1.165) is 12.8 Å². The van der Waals surface area contributed by atoms with Crippen molar-refractivity contribution in [2.45, 2.75) is 51.9 Å². The molecule has 0 saturated carbocycles. The largest absolute Gasteiger partial charge is 0.309 e. The van der Waals surface area contributed by atoms with E-state index in [9.17, 15) is 4.79 Å². The summed E-state index contributed by atoms with van der Waals surface area (Å²) in [6.07, 6.45) is 10.5. The average molecular weight is 270 g/mol. The number of hydrogen-bond donors (Lipinski definition) is 1. The topological polar surface area (TPSA) is 54.9 Å². The van der Waals surface area contributed by atoms with Gasteiger partial charge in [-0.3, -0.25) is 9.78 Å². The van der Waals surface area contributed by atoms with E-state index in [-0.39, 0.29) is 11.1 Å². The average Bonchev–Trinajstić information content (AvgIpc) is 2.33. The Hall–Kier alpha value is -1.16. The summed E-state index contributed by atoms with van der Waals surface area (Å²) in [7, 11) is 0. The normalized spacial score (nSPS) is 10.3. The molecule has 1 aromatic heterocycles. The number of carbonyl (C=O) groups excluding carboxylic acids is 1. The molecule has 100 valence electrons. The molecule has 0 saturated heterocycles. The number of hydrogen-bond acceptors (Lipinski definition) is 3. The van der Waals surface area contributed by atoms with Gasteiger partial charge in [0, 0.05) is 6.42 Å². The molecule has 1 aromatic rings. The van der Waals surface area contributed by atoms with Crippen LogP contribution in [0, 0.1) is 0 Å². The number of halogens is 1. The molecule has 0 radical (unpaired) electrons. The number of nitrogens with one attached hydrogen (secondary N) is 1. The van der Waals surface area contributed by atoms with Crippen molar-refractivity contribution in [2.75, 3.05) is 5.32 Å². The summed E-state index contributed by atoms with van der Waals surface area (Å²) in [6, 6.07) is 0. The van der Waals surface area contributed by atoms with Gasteiger partial charge in [0.2, 0.25) is 5.91 Å². The van der Waals surface area contributed by atoms with Crippen molar-refractivity contribution >= 4 is 23.3 Å². The number of rotatable bonds is 8. The zero-order valence-electron chi connectivity index (χ0n) is 10.8. The Kier molecular flexibility index (Phi) is 7.34. The van der Waals surface area contributed by atoms with Gasteiger partial charge in [-0.25, -0.2) is 4.98 Å². The first-order valence-electron chi connectivity index (χ1n) is 6.49. The number of carbonyl (C=O) groups is 1. The fraction of sp³-hybridized carbons (Fsp3) is 0.615. The van der Waals surface area contributed by atoms with Gasteiger partial charge in [-0.05, 0) is 6.42 Å². The summed E-state index contributed by atoms with van der Waals surface area (Å²) in [5, 5.41) is 2.97. The maximum absolute atomic E-state index is 11.6. The third-order valence-corrected chi connectivity index (χ3v) is 2.81. The van der Waals surface area contributed by atoms with Gasteiger partial charge in [0.15, 0.2) is 5.82 Å². The maximum atomic E-state index is 11.6. The molecular formula is C13H20ClN3O. The predicted octanol–water partition coefficient (Wildman–Crippen LogP) is 3.82. The van der Waals surface area contributed by atoms with Crippen LogP contribution in [0.3, 0.4) is 0 Å². The minimum Gasteiger partial charge on any atom is -0.309 e. The quantitative estimate of drug-likeness (QED) is 0.730. The Morgan fingerprint density at radius 2 is 1.94 bits per heavy atom. The van der Waals surface area contributed by atoms with Crippen molar-refractivity contribution in [3.05, 3.63) is 17.5 Å². The molecule has 0 unspecified atom stereocenters. The third-order valence-electron chi connectivity index (χ3n) is 2.63. The Labute approximate surface area is 113 Å². The van der Waals surface area contributed by atoms with E-state index >= 15 is 0 Å². The molecule has 1 rings (SSSR count). The molecule has 5 heteroatoms. The number of aromatic nitrogens is 2. The highest BCUT2D eigenvalue weighted by Crippen LogP contribution is 2.09. The SMILES string of the molecule is CCCCCCCCC(=O)Nc1cncc(Cl)n1. The van der Waals surface area contributed by atoms with Crippen LogP contribution >= 0.6 is 11.6 Å². The van der Waals surface area contributed by atoms with Crippen LogP contribution in [-0.4, -0.2) is 15.9 Å². The predicted molar refractivity (Wildman–Crippen MR) is 73.7 cm³/mol. The zero-order chi connectivity index (χ0) is 13.2. The van der Waals surface area contributed by atoms with E-state index < -0.39 is 0 Å². The van der Waals surface area contributed by atoms with Gasteiger partial charge in [0.25, 0.3) is 0 Å². The molecule has 0 aliphatic carbocycles. The maximum Gasteiger partial charge on any atom is 0.225 e. The highest BCUT2D eigenvalue weighted by atomic mass is 35.5. The molecule has 0 spiro atoms. The third kappa shape index (κ3) is 6.55. The number of nitrogens with zero attached hydrogens (tertiary/aromatic N) is 2. The number of anilines is 1. The number of unbranched alkanes of at least 4 members (excludes halogenated alkanes) is 5. The Bertz CT molecular complexity index is 371. The van der Waals surface area contributed by atoms with E-state index in [1.807, 2.05) is 0 Å². The van der Waals surface area contributed by atoms with Crippen molar-refractivity contribution in [2.24, 2.45) is 0 Å². The van der Waals surface area contributed by atoms with Gasteiger partial charge in [0.1, 0.15) is 5.15 Å². The standard InChI is InChI=1S/C13H20ClN3O/c1-2-3-4-5-6-7-8-13(18)17-12-10-15-9-11(14)16-12/h9-10H,2-8H2,1H3,(H,16,17,18). The van der Waals surface area contributed by atoms with Crippen molar-refractivity contribution in [1.29, 1.82) is 0 Å². The Balaban J connectivity index is 2.14. The lowest BCUT2D eigenvalue weighted by Crippen LogP contribution is -2.12. The van der Waals surface area contributed by atoms with E-state index in [0.29, 0.717) is 12.2 Å². The second kappa shape index (κ2) is 8.86. The molecule has 1 N–H and O–H groups in total. The lowest BCUT2D eigenvalue weighted by Gasteiger charge is -2.04. The zero-order valence-corrected chi connectivity index (χ0v) is 11.5. The van der Waals surface area contributed by atoms with Crippen LogP contribution in [0.2, 0.25) is 5.15 Å². The van der Waals surface area contributed by atoms with Gasteiger partial charge in [-0.15, -0.1) is 0 Å². The molecule has 18 heavy (non-hydrogen) atoms. The summed E-state index contributed by atoms with van der Waals surface area (Å²) >= 11 is 5.68. The van der Waals surface area contributed by atoms with Crippen LogP contribution in [0.15, 0.2) is 12.4 Å². The van der Waals surface area contributed by atoms with Crippen LogP contribution in [0.5, 0.6) is 0 Å². The summed E-state index contributed by atoms with van der Waals surface area (Å²) in [4.78, 5) is 19.4.